The van der Waals surface area contributed by atoms with Crippen LogP contribution in [0.25, 0.3) is 11.0 Å². The number of fused-ring (bicyclic) bond motifs is 1. The highest BCUT2D eigenvalue weighted by Gasteiger charge is 2.08. The van der Waals surface area contributed by atoms with Crippen molar-refractivity contribution in [1.82, 2.24) is 9.55 Å². The van der Waals surface area contributed by atoms with Crippen molar-refractivity contribution in [2.24, 2.45) is 7.05 Å². The largest absolute Gasteiger partial charge is 0.322 e. The molecular formula is C12H12ClN3S. The minimum atomic E-state index is 0.600. The lowest BCUT2D eigenvalue weighted by atomic mass is 10.3. The highest BCUT2D eigenvalue weighted by molar-refractivity contribution is 7.99. The predicted octanol–water partition coefficient (Wildman–Crippen LogP) is 3.62. The van der Waals surface area contributed by atoms with Crippen molar-refractivity contribution in [2.75, 3.05) is 5.75 Å². The Balaban J connectivity index is 2.18. The smallest absolute Gasteiger partial charge is 0.168 e. The van der Waals surface area contributed by atoms with E-state index in [4.69, 9.17) is 16.9 Å². The molecule has 0 radical (unpaired) electrons. The Labute approximate surface area is 109 Å². The highest BCUT2D eigenvalue weighted by atomic mass is 35.5. The Morgan fingerprint density at radius 3 is 3.12 bits per heavy atom. The van der Waals surface area contributed by atoms with E-state index in [0.717, 1.165) is 28.4 Å². The van der Waals surface area contributed by atoms with Crippen LogP contribution in [0.3, 0.4) is 0 Å². The number of hydrogen-bond donors (Lipinski definition) is 0. The number of nitrogens with zero attached hydrogens (tertiary/aromatic N) is 3. The molecule has 1 aromatic carbocycles. The molecule has 0 aliphatic carbocycles. The third-order valence-electron chi connectivity index (χ3n) is 2.47. The van der Waals surface area contributed by atoms with E-state index in [-0.39, 0.29) is 0 Å². The van der Waals surface area contributed by atoms with Crippen molar-refractivity contribution in [3.05, 3.63) is 23.2 Å². The molecule has 2 aromatic rings. The van der Waals surface area contributed by atoms with Crippen molar-refractivity contribution in [1.29, 1.82) is 5.26 Å². The second-order valence-corrected chi connectivity index (χ2v) is 5.20. The van der Waals surface area contributed by atoms with E-state index in [9.17, 15) is 0 Å². The molecule has 88 valence electrons. The Morgan fingerprint density at radius 2 is 2.35 bits per heavy atom. The van der Waals surface area contributed by atoms with Crippen LogP contribution in [0.1, 0.15) is 12.8 Å². The molecule has 2 rings (SSSR count). The maximum absolute atomic E-state index is 8.47. The van der Waals surface area contributed by atoms with Gasteiger partial charge in [0.05, 0.1) is 17.1 Å². The number of halogens is 1. The molecule has 0 saturated carbocycles. The fourth-order valence-electron chi connectivity index (χ4n) is 1.59. The summed E-state index contributed by atoms with van der Waals surface area (Å²) >= 11 is 7.61. The third-order valence-corrected chi connectivity index (χ3v) is 3.82. The van der Waals surface area contributed by atoms with Crippen LogP contribution in [0.15, 0.2) is 23.4 Å². The summed E-state index contributed by atoms with van der Waals surface area (Å²) in [4.78, 5) is 4.53. The second-order valence-electron chi connectivity index (χ2n) is 3.70. The van der Waals surface area contributed by atoms with E-state index in [1.807, 2.05) is 25.2 Å². The molecular weight excluding hydrogens is 254 g/mol. The van der Waals surface area contributed by atoms with Gasteiger partial charge >= 0.3 is 0 Å². The maximum Gasteiger partial charge on any atom is 0.168 e. The summed E-state index contributed by atoms with van der Waals surface area (Å²) in [5.74, 6) is 0.915. The van der Waals surface area contributed by atoms with Gasteiger partial charge in [0.15, 0.2) is 5.16 Å². The van der Waals surface area contributed by atoms with Gasteiger partial charge in [-0.25, -0.2) is 4.98 Å². The van der Waals surface area contributed by atoms with Gasteiger partial charge in [0.25, 0.3) is 0 Å². The molecule has 0 saturated heterocycles. The number of rotatable bonds is 4. The minimum absolute atomic E-state index is 0.600. The average molecular weight is 266 g/mol. The van der Waals surface area contributed by atoms with Gasteiger partial charge in [-0.3, -0.25) is 0 Å². The molecule has 0 bridgehead atoms. The zero-order valence-electron chi connectivity index (χ0n) is 9.48. The van der Waals surface area contributed by atoms with Gasteiger partial charge in [-0.15, -0.1) is 0 Å². The van der Waals surface area contributed by atoms with Crippen molar-refractivity contribution in [3.8, 4) is 6.07 Å². The molecule has 5 heteroatoms. The number of aromatic nitrogens is 2. The van der Waals surface area contributed by atoms with E-state index < -0.39 is 0 Å². The first-order valence-corrected chi connectivity index (χ1v) is 6.70. The van der Waals surface area contributed by atoms with Crippen molar-refractivity contribution >= 4 is 34.4 Å². The first-order chi connectivity index (χ1) is 8.22. The number of thioether (sulfide) groups is 1. The van der Waals surface area contributed by atoms with Gasteiger partial charge in [-0.2, -0.15) is 5.26 Å². The van der Waals surface area contributed by atoms with Crippen LogP contribution in [-0.2, 0) is 7.05 Å². The van der Waals surface area contributed by atoms with Gasteiger partial charge < -0.3 is 4.57 Å². The van der Waals surface area contributed by atoms with Gasteiger partial charge in [0.1, 0.15) is 0 Å². The molecule has 0 aliphatic rings. The van der Waals surface area contributed by atoms with Crippen LogP contribution < -0.4 is 0 Å². The van der Waals surface area contributed by atoms with Crippen LogP contribution in [0, 0.1) is 11.3 Å². The number of nitriles is 1. The third kappa shape index (κ3) is 2.74. The lowest BCUT2D eigenvalue weighted by Crippen LogP contribution is -1.91. The lowest BCUT2D eigenvalue weighted by Gasteiger charge is -2.00. The van der Waals surface area contributed by atoms with Crippen LogP contribution >= 0.6 is 23.4 Å². The topological polar surface area (TPSA) is 41.6 Å². The molecule has 1 aromatic heterocycles. The Morgan fingerprint density at radius 1 is 1.53 bits per heavy atom. The summed E-state index contributed by atoms with van der Waals surface area (Å²) < 4.78 is 2.06. The molecule has 17 heavy (non-hydrogen) atoms. The fourth-order valence-corrected chi connectivity index (χ4v) is 2.69. The van der Waals surface area contributed by atoms with Crippen LogP contribution in [0.4, 0.5) is 0 Å². The molecule has 0 aliphatic heterocycles. The predicted molar refractivity (Wildman–Crippen MR) is 71.3 cm³/mol. The zero-order chi connectivity index (χ0) is 12.3. The number of benzene rings is 1. The van der Waals surface area contributed by atoms with E-state index in [2.05, 4.69) is 15.6 Å². The number of unbranched alkanes of at least 4 members (excludes halogenated alkanes) is 1. The van der Waals surface area contributed by atoms with Crippen molar-refractivity contribution in [2.45, 2.75) is 18.0 Å². The lowest BCUT2D eigenvalue weighted by molar-refractivity contribution is 0.813. The Bertz CT molecular complexity index is 571. The number of hydrogen-bond acceptors (Lipinski definition) is 3. The summed E-state index contributed by atoms with van der Waals surface area (Å²) in [6, 6.07) is 7.86. The molecule has 0 unspecified atom stereocenters. The van der Waals surface area contributed by atoms with Crippen LogP contribution in [0.2, 0.25) is 5.02 Å². The molecule has 0 fully saturated rings. The second kappa shape index (κ2) is 5.44. The molecule has 3 nitrogen and oxygen atoms in total. The summed E-state index contributed by atoms with van der Waals surface area (Å²) in [6.07, 6.45) is 1.49. The maximum atomic E-state index is 8.47. The summed E-state index contributed by atoms with van der Waals surface area (Å²) in [5.41, 5.74) is 2.00. The summed E-state index contributed by atoms with van der Waals surface area (Å²) in [5, 5.41) is 10.1. The van der Waals surface area contributed by atoms with Gasteiger partial charge in [0, 0.05) is 24.2 Å². The van der Waals surface area contributed by atoms with E-state index in [1.54, 1.807) is 11.8 Å². The highest BCUT2D eigenvalue weighted by Crippen LogP contribution is 2.25. The minimum Gasteiger partial charge on any atom is -0.322 e. The molecule has 0 spiro atoms. The fraction of sp³-hybridized carbons (Fsp3) is 0.333. The molecule has 1 heterocycles. The van der Waals surface area contributed by atoms with Gasteiger partial charge in [-0.05, 0) is 24.6 Å². The monoisotopic (exact) mass is 265 g/mol. The Hall–Kier alpha value is -1.18. The average Bonchev–Trinajstić information content (AvgIpc) is 2.61. The van der Waals surface area contributed by atoms with E-state index in [0.29, 0.717) is 11.4 Å². The standard InChI is InChI=1S/C12H12ClN3S/c1-16-11-5-4-9(13)8-10(11)15-12(16)17-7-3-2-6-14/h4-5,8H,2-3,7H2,1H3. The van der Waals surface area contributed by atoms with Gasteiger partial charge in [-0.1, -0.05) is 23.4 Å². The van der Waals surface area contributed by atoms with Crippen molar-refractivity contribution in [3.63, 3.8) is 0 Å². The Kier molecular flexibility index (Phi) is 3.93. The zero-order valence-corrected chi connectivity index (χ0v) is 11.1. The normalized spacial score (nSPS) is 10.6. The van der Waals surface area contributed by atoms with E-state index >= 15 is 0 Å². The number of aryl methyl sites for hydroxylation is 1. The summed E-state index contributed by atoms with van der Waals surface area (Å²) in [6.45, 7) is 0. The quantitative estimate of drug-likeness (QED) is 0.626. The molecule has 0 N–H and O–H groups in total. The van der Waals surface area contributed by atoms with Crippen LogP contribution in [0.5, 0.6) is 0 Å². The number of imidazole rings is 1. The summed E-state index contributed by atoms with van der Waals surface area (Å²) in [7, 11) is 2.00. The van der Waals surface area contributed by atoms with E-state index in [1.165, 1.54) is 0 Å². The first-order valence-electron chi connectivity index (χ1n) is 5.34. The van der Waals surface area contributed by atoms with Crippen molar-refractivity contribution < 1.29 is 0 Å². The molecule has 0 amide bonds. The molecule has 0 atom stereocenters. The van der Waals surface area contributed by atoms with Crippen LogP contribution in [-0.4, -0.2) is 15.3 Å². The SMILES string of the molecule is Cn1c(SCCCC#N)nc2cc(Cl)ccc21. The first kappa shape index (κ1) is 12.3. The van der Waals surface area contributed by atoms with Gasteiger partial charge in [0.2, 0.25) is 0 Å².